The van der Waals surface area contributed by atoms with Gasteiger partial charge in [0.05, 0.1) is 0 Å². The molecule has 0 atom stereocenters. The summed E-state index contributed by atoms with van der Waals surface area (Å²) in [5, 5.41) is 3.14. The summed E-state index contributed by atoms with van der Waals surface area (Å²) in [6, 6.07) is 8.74. The van der Waals surface area contributed by atoms with Gasteiger partial charge in [0.15, 0.2) is 0 Å². The second kappa shape index (κ2) is 8.73. The number of hydrogen-bond acceptors (Lipinski definition) is 3. The maximum atomic E-state index is 5.82. The van der Waals surface area contributed by atoms with Crippen LogP contribution in [0.1, 0.15) is 19.4 Å². The van der Waals surface area contributed by atoms with Gasteiger partial charge in [-0.1, -0.05) is 18.2 Å². The van der Waals surface area contributed by atoms with Crippen LogP contribution in [0.25, 0.3) is 0 Å². The quantitative estimate of drug-likeness (QED) is 0.693. The van der Waals surface area contributed by atoms with Crippen LogP contribution in [0.4, 0.5) is 0 Å². The van der Waals surface area contributed by atoms with Gasteiger partial charge in [-0.3, -0.25) is 4.90 Å². The SMILES string of the molecule is C=CCN(CCOc1cccc(CNC)c1)C(C)C. The van der Waals surface area contributed by atoms with Crippen LogP contribution in [0.3, 0.4) is 0 Å². The second-order valence-electron chi connectivity index (χ2n) is 4.90. The maximum absolute atomic E-state index is 5.82. The molecule has 1 aromatic carbocycles. The van der Waals surface area contributed by atoms with Crippen LogP contribution in [0, 0.1) is 0 Å². The van der Waals surface area contributed by atoms with Crippen molar-refractivity contribution in [1.29, 1.82) is 0 Å². The Hall–Kier alpha value is -1.32. The molecule has 3 nitrogen and oxygen atoms in total. The van der Waals surface area contributed by atoms with E-state index in [2.05, 4.69) is 42.8 Å². The Morgan fingerprint density at radius 3 is 2.84 bits per heavy atom. The van der Waals surface area contributed by atoms with Crippen LogP contribution in [0.2, 0.25) is 0 Å². The number of nitrogens with zero attached hydrogens (tertiary/aromatic N) is 1. The average Bonchev–Trinajstić information content (AvgIpc) is 2.38. The third-order valence-corrected chi connectivity index (χ3v) is 3.02. The van der Waals surface area contributed by atoms with Gasteiger partial charge in [0, 0.05) is 25.7 Å². The van der Waals surface area contributed by atoms with E-state index in [1.54, 1.807) is 0 Å². The number of rotatable bonds is 9. The van der Waals surface area contributed by atoms with Crippen molar-refractivity contribution in [2.45, 2.75) is 26.4 Å². The highest BCUT2D eigenvalue weighted by atomic mass is 16.5. The minimum absolute atomic E-state index is 0.511. The van der Waals surface area contributed by atoms with Crippen LogP contribution in [0.5, 0.6) is 5.75 Å². The molecule has 0 aliphatic heterocycles. The fourth-order valence-electron chi connectivity index (χ4n) is 1.96. The third-order valence-electron chi connectivity index (χ3n) is 3.02. The van der Waals surface area contributed by atoms with Crippen molar-refractivity contribution in [3.05, 3.63) is 42.5 Å². The first-order valence-electron chi connectivity index (χ1n) is 6.88. The van der Waals surface area contributed by atoms with Gasteiger partial charge in [-0.15, -0.1) is 6.58 Å². The third kappa shape index (κ3) is 5.90. The summed E-state index contributed by atoms with van der Waals surface area (Å²) in [5.41, 5.74) is 1.24. The average molecular weight is 262 g/mol. The van der Waals surface area contributed by atoms with E-state index in [1.807, 2.05) is 25.3 Å². The molecule has 0 saturated heterocycles. The van der Waals surface area contributed by atoms with Crippen molar-refractivity contribution in [3.63, 3.8) is 0 Å². The molecular weight excluding hydrogens is 236 g/mol. The van der Waals surface area contributed by atoms with E-state index >= 15 is 0 Å². The summed E-state index contributed by atoms with van der Waals surface area (Å²) >= 11 is 0. The van der Waals surface area contributed by atoms with E-state index in [-0.39, 0.29) is 0 Å². The van der Waals surface area contributed by atoms with Crippen molar-refractivity contribution in [2.24, 2.45) is 0 Å². The fourth-order valence-corrected chi connectivity index (χ4v) is 1.96. The van der Waals surface area contributed by atoms with E-state index in [9.17, 15) is 0 Å². The van der Waals surface area contributed by atoms with Crippen molar-refractivity contribution in [1.82, 2.24) is 10.2 Å². The molecule has 0 spiro atoms. The van der Waals surface area contributed by atoms with E-state index in [1.165, 1.54) is 5.56 Å². The molecule has 0 heterocycles. The molecule has 0 aliphatic rings. The molecule has 0 unspecified atom stereocenters. The Labute approximate surface area is 117 Å². The lowest BCUT2D eigenvalue weighted by Crippen LogP contribution is -2.34. The van der Waals surface area contributed by atoms with Crippen LogP contribution in [-0.2, 0) is 6.54 Å². The standard InChI is InChI=1S/C16H26N2O/c1-5-9-18(14(2)3)10-11-19-16-8-6-7-15(12-16)13-17-4/h5-8,12,14,17H,1,9-11,13H2,2-4H3. The van der Waals surface area contributed by atoms with Crippen LogP contribution >= 0.6 is 0 Å². The summed E-state index contributed by atoms with van der Waals surface area (Å²) in [7, 11) is 1.95. The number of ether oxygens (including phenoxy) is 1. The minimum Gasteiger partial charge on any atom is -0.492 e. The lowest BCUT2D eigenvalue weighted by atomic mass is 10.2. The zero-order valence-corrected chi connectivity index (χ0v) is 12.4. The van der Waals surface area contributed by atoms with Gasteiger partial charge in [-0.2, -0.15) is 0 Å². The van der Waals surface area contributed by atoms with Crippen LogP contribution < -0.4 is 10.1 Å². The van der Waals surface area contributed by atoms with Crippen molar-refractivity contribution in [3.8, 4) is 5.75 Å². The van der Waals surface area contributed by atoms with Crippen molar-refractivity contribution in [2.75, 3.05) is 26.7 Å². The molecule has 106 valence electrons. The van der Waals surface area contributed by atoms with E-state index in [0.717, 1.165) is 25.4 Å². The Morgan fingerprint density at radius 2 is 2.21 bits per heavy atom. The Kier molecular flexibility index (Phi) is 7.23. The van der Waals surface area contributed by atoms with Crippen LogP contribution in [-0.4, -0.2) is 37.7 Å². The predicted molar refractivity (Wildman–Crippen MR) is 81.6 cm³/mol. The minimum atomic E-state index is 0.511. The summed E-state index contributed by atoms with van der Waals surface area (Å²) in [4.78, 5) is 2.34. The predicted octanol–water partition coefficient (Wildman–Crippen LogP) is 2.68. The molecule has 1 rings (SSSR count). The van der Waals surface area contributed by atoms with E-state index < -0.39 is 0 Å². The summed E-state index contributed by atoms with van der Waals surface area (Å²) < 4.78 is 5.82. The zero-order valence-electron chi connectivity index (χ0n) is 12.4. The molecule has 0 amide bonds. The molecule has 0 aromatic heterocycles. The first-order chi connectivity index (χ1) is 9.17. The molecule has 1 N–H and O–H groups in total. The van der Waals surface area contributed by atoms with Gasteiger partial charge >= 0.3 is 0 Å². The first kappa shape index (κ1) is 15.7. The number of nitrogens with one attached hydrogen (secondary N) is 1. The molecule has 19 heavy (non-hydrogen) atoms. The molecule has 0 fully saturated rings. The summed E-state index contributed by atoms with van der Waals surface area (Å²) in [6.07, 6.45) is 1.94. The lowest BCUT2D eigenvalue weighted by molar-refractivity contribution is 0.191. The van der Waals surface area contributed by atoms with Crippen molar-refractivity contribution >= 4 is 0 Å². The molecule has 1 aromatic rings. The largest absolute Gasteiger partial charge is 0.492 e. The van der Waals surface area contributed by atoms with Gasteiger partial charge in [0.25, 0.3) is 0 Å². The molecule has 3 heteroatoms. The highest BCUT2D eigenvalue weighted by Crippen LogP contribution is 2.13. The highest BCUT2D eigenvalue weighted by molar-refractivity contribution is 5.28. The van der Waals surface area contributed by atoms with Crippen molar-refractivity contribution < 1.29 is 4.74 Å². The highest BCUT2D eigenvalue weighted by Gasteiger charge is 2.07. The fraction of sp³-hybridized carbons (Fsp3) is 0.500. The maximum Gasteiger partial charge on any atom is 0.119 e. The van der Waals surface area contributed by atoms with E-state index in [0.29, 0.717) is 12.6 Å². The number of hydrogen-bond donors (Lipinski definition) is 1. The van der Waals surface area contributed by atoms with E-state index in [4.69, 9.17) is 4.74 Å². The van der Waals surface area contributed by atoms with Gasteiger partial charge in [-0.05, 0) is 38.6 Å². The smallest absolute Gasteiger partial charge is 0.119 e. The monoisotopic (exact) mass is 262 g/mol. The van der Waals surface area contributed by atoms with Crippen LogP contribution in [0.15, 0.2) is 36.9 Å². The molecule has 0 saturated carbocycles. The molecule has 0 bridgehead atoms. The molecule has 0 aliphatic carbocycles. The second-order valence-corrected chi connectivity index (χ2v) is 4.90. The lowest BCUT2D eigenvalue weighted by Gasteiger charge is -2.24. The van der Waals surface area contributed by atoms with Gasteiger partial charge in [-0.25, -0.2) is 0 Å². The normalized spacial score (nSPS) is 11.0. The first-order valence-corrected chi connectivity index (χ1v) is 6.88. The summed E-state index contributed by atoms with van der Waals surface area (Å²) in [5.74, 6) is 0.940. The summed E-state index contributed by atoms with van der Waals surface area (Å²) in [6.45, 7) is 11.6. The molecule has 0 radical (unpaired) electrons. The Morgan fingerprint density at radius 1 is 1.42 bits per heavy atom. The topological polar surface area (TPSA) is 24.5 Å². The Balaban J connectivity index is 2.43. The zero-order chi connectivity index (χ0) is 14.1. The van der Waals surface area contributed by atoms with Gasteiger partial charge in [0.2, 0.25) is 0 Å². The number of benzene rings is 1. The Bertz CT molecular complexity index is 377. The van der Waals surface area contributed by atoms with Gasteiger partial charge in [0.1, 0.15) is 12.4 Å². The van der Waals surface area contributed by atoms with Gasteiger partial charge < -0.3 is 10.1 Å². The molecular formula is C16H26N2O.